The minimum absolute atomic E-state index is 0.132. The summed E-state index contributed by atoms with van der Waals surface area (Å²) in [6.45, 7) is -0.0264. The zero-order valence-electron chi connectivity index (χ0n) is 11.2. The number of carboxylic acids is 1. The van der Waals surface area contributed by atoms with Crippen LogP contribution in [0, 0.1) is 0 Å². The van der Waals surface area contributed by atoms with Gasteiger partial charge in [-0.1, -0.05) is 18.2 Å². The van der Waals surface area contributed by atoms with Crippen LogP contribution in [-0.2, 0) is 9.53 Å². The zero-order valence-corrected chi connectivity index (χ0v) is 11.2. The number of carboxylic acid groups (broad SMARTS) is 1. The fourth-order valence-corrected chi connectivity index (χ4v) is 1.77. The molecule has 7 nitrogen and oxygen atoms in total. The lowest BCUT2D eigenvalue weighted by molar-refractivity contribution is -0.142. The number of benzene rings is 1. The standard InChI is InChI=1S/C14H15N3O4/c18-12(19)9-21-8-7-16-14(20)17-11-5-1-3-10-4-2-6-15-13(10)11/h1-6H,7-9H2,(H,18,19)(H2,16,17,20). The number of hydrogen-bond donors (Lipinski definition) is 3. The van der Waals surface area contributed by atoms with Crippen molar-refractivity contribution in [2.45, 2.75) is 0 Å². The van der Waals surface area contributed by atoms with Gasteiger partial charge in [-0.15, -0.1) is 0 Å². The van der Waals surface area contributed by atoms with Gasteiger partial charge in [-0.05, 0) is 12.1 Å². The Bertz CT molecular complexity index is 640. The maximum Gasteiger partial charge on any atom is 0.329 e. The van der Waals surface area contributed by atoms with Crippen molar-refractivity contribution in [3.63, 3.8) is 0 Å². The summed E-state index contributed by atoms with van der Waals surface area (Å²) in [5, 5.41) is 14.6. The molecule has 110 valence electrons. The van der Waals surface area contributed by atoms with Gasteiger partial charge in [-0.25, -0.2) is 9.59 Å². The van der Waals surface area contributed by atoms with E-state index >= 15 is 0 Å². The molecule has 0 fully saturated rings. The first-order valence-corrected chi connectivity index (χ1v) is 6.35. The number of nitrogens with zero attached hydrogens (tertiary/aromatic N) is 1. The van der Waals surface area contributed by atoms with Gasteiger partial charge in [-0.3, -0.25) is 4.98 Å². The number of aromatic nitrogens is 1. The summed E-state index contributed by atoms with van der Waals surface area (Å²) in [5.41, 5.74) is 1.31. The number of amides is 2. The van der Waals surface area contributed by atoms with Gasteiger partial charge >= 0.3 is 12.0 Å². The maximum atomic E-state index is 11.7. The van der Waals surface area contributed by atoms with Crippen molar-refractivity contribution in [1.29, 1.82) is 0 Å². The predicted molar refractivity (Wildman–Crippen MR) is 77.2 cm³/mol. The Kier molecular flexibility index (Phi) is 5.05. The number of anilines is 1. The van der Waals surface area contributed by atoms with E-state index < -0.39 is 12.0 Å². The highest BCUT2D eigenvalue weighted by Crippen LogP contribution is 2.20. The number of urea groups is 1. The molecular weight excluding hydrogens is 274 g/mol. The molecule has 3 N–H and O–H groups in total. The summed E-state index contributed by atoms with van der Waals surface area (Å²) < 4.78 is 4.81. The van der Waals surface area contributed by atoms with E-state index in [2.05, 4.69) is 15.6 Å². The van der Waals surface area contributed by atoms with Gasteiger partial charge in [0, 0.05) is 18.1 Å². The fourth-order valence-electron chi connectivity index (χ4n) is 1.77. The number of hydrogen-bond acceptors (Lipinski definition) is 4. The van der Waals surface area contributed by atoms with Crippen molar-refractivity contribution >= 4 is 28.6 Å². The van der Waals surface area contributed by atoms with Gasteiger partial charge in [0.25, 0.3) is 0 Å². The van der Waals surface area contributed by atoms with Crippen LogP contribution >= 0.6 is 0 Å². The molecule has 7 heteroatoms. The number of carbonyl (C=O) groups excluding carboxylic acids is 1. The number of para-hydroxylation sites is 1. The lowest BCUT2D eigenvalue weighted by atomic mass is 10.2. The van der Waals surface area contributed by atoms with Gasteiger partial charge in [0.15, 0.2) is 0 Å². The molecule has 1 aromatic carbocycles. The third kappa shape index (κ3) is 4.43. The average molecular weight is 289 g/mol. The lowest BCUT2D eigenvalue weighted by Gasteiger charge is -2.09. The molecule has 0 radical (unpaired) electrons. The van der Waals surface area contributed by atoms with Gasteiger partial charge in [0.1, 0.15) is 6.61 Å². The largest absolute Gasteiger partial charge is 0.480 e. The maximum absolute atomic E-state index is 11.7. The molecule has 0 aliphatic rings. The normalized spacial score (nSPS) is 10.3. The Hall–Kier alpha value is -2.67. The van der Waals surface area contributed by atoms with Crippen LogP contribution in [-0.4, -0.2) is 41.8 Å². The average Bonchev–Trinajstić information content (AvgIpc) is 2.47. The molecular formula is C14H15N3O4. The molecule has 0 bridgehead atoms. The molecule has 0 aliphatic carbocycles. The molecule has 1 heterocycles. The van der Waals surface area contributed by atoms with E-state index in [0.29, 0.717) is 11.2 Å². The van der Waals surface area contributed by atoms with Crippen LogP contribution in [0.4, 0.5) is 10.5 Å². The second-order valence-electron chi connectivity index (χ2n) is 4.21. The van der Waals surface area contributed by atoms with Crippen molar-refractivity contribution in [2.75, 3.05) is 25.1 Å². The zero-order chi connectivity index (χ0) is 15.1. The highest BCUT2D eigenvalue weighted by Gasteiger charge is 2.05. The van der Waals surface area contributed by atoms with Gasteiger partial charge in [-0.2, -0.15) is 0 Å². The third-order valence-electron chi connectivity index (χ3n) is 2.64. The molecule has 0 saturated carbocycles. The molecule has 2 amide bonds. The SMILES string of the molecule is O=C(O)COCCNC(=O)Nc1cccc2cccnc12. The first kappa shape index (κ1) is 14.7. The summed E-state index contributed by atoms with van der Waals surface area (Å²) in [4.78, 5) is 26.2. The molecule has 0 spiro atoms. The number of pyridine rings is 1. The number of nitrogens with one attached hydrogen (secondary N) is 2. The van der Waals surface area contributed by atoms with Gasteiger partial charge in [0.05, 0.1) is 17.8 Å². The topological polar surface area (TPSA) is 101 Å². The van der Waals surface area contributed by atoms with Crippen molar-refractivity contribution < 1.29 is 19.4 Å². The van der Waals surface area contributed by atoms with E-state index in [1.807, 2.05) is 24.3 Å². The van der Waals surface area contributed by atoms with Crippen LogP contribution in [0.15, 0.2) is 36.5 Å². The molecule has 1 aromatic heterocycles. The van der Waals surface area contributed by atoms with Crippen LogP contribution < -0.4 is 10.6 Å². The fraction of sp³-hybridized carbons (Fsp3) is 0.214. The molecule has 0 aliphatic heterocycles. The van der Waals surface area contributed by atoms with Crippen LogP contribution in [0.1, 0.15) is 0 Å². The smallest absolute Gasteiger partial charge is 0.329 e. The molecule has 2 rings (SSSR count). The Labute approximate surface area is 120 Å². The summed E-state index contributed by atoms with van der Waals surface area (Å²) in [5.74, 6) is -1.04. The summed E-state index contributed by atoms with van der Waals surface area (Å²) >= 11 is 0. The lowest BCUT2D eigenvalue weighted by Crippen LogP contribution is -2.32. The van der Waals surface area contributed by atoms with E-state index in [1.165, 1.54) is 0 Å². The van der Waals surface area contributed by atoms with Crippen LogP contribution in [0.2, 0.25) is 0 Å². The number of aliphatic carboxylic acids is 1. The molecule has 0 saturated heterocycles. The summed E-state index contributed by atoms with van der Waals surface area (Å²) in [6, 6.07) is 8.83. The Morgan fingerprint density at radius 3 is 2.86 bits per heavy atom. The first-order chi connectivity index (χ1) is 10.2. The Morgan fingerprint density at radius 2 is 2.05 bits per heavy atom. The molecule has 0 unspecified atom stereocenters. The van der Waals surface area contributed by atoms with Crippen molar-refractivity contribution in [1.82, 2.24) is 10.3 Å². The van der Waals surface area contributed by atoms with Crippen molar-refractivity contribution in [3.8, 4) is 0 Å². The predicted octanol–water partition coefficient (Wildman–Crippen LogP) is 1.46. The quantitative estimate of drug-likeness (QED) is 0.699. The third-order valence-corrected chi connectivity index (χ3v) is 2.64. The Morgan fingerprint density at radius 1 is 1.24 bits per heavy atom. The van der Waals surface area contributed by atoms with Gasteiger partial charge in [0.2, 0.25) is 0 Å². The number of rotatable bonds is 6. The van der Waals surface area contributed by atoms with Crippen LogP contribution in [0.5, 0.6) is 0 Å². The minimum Gasteiger partial charge on any atom is -0.480 e. The van der Waals surface area contributed by atoms with E-state index in [1.54, 1.807) is 12.3 Å². The summed E-state index contributed by atoms with van der Waals surface area (Å²) in [6.07, 6.45) is 1.66. The van der Waals surface area contributed by atoms with E-state index in [9.17, 15) is 9.59 Å². The van der Waals surface area contributed by atoms with Gasteiger partial charge < -0.3 is 20.5 Å². The minimum atomic E-state index is -1.04. The molecule has 21 heavy (non-hydrogen) atoms. The number of ether oxygens (including phenoxy) is 1. The van der Waals surface area contributed by atoms with E-state index in [4.69, 9.17) is 9.84 Å². The Balaban J connectivity index is 1.86. The molecule has 2 aromatic rings. The second-order valence-corrected chi connectivity index (χ2v) is 4.21. The highest BCUT2D eigenvalue weighted by atomic mass is 16.5. The van der Waals surface area contributed by atoms with Crippen LogP contribution in [0.3, 0.4) is 0 Å². The second kappa shape index (κ2) is 7.20. The van der Waals surface area contributed by atoms with Crippen molar-refractivity contribution in [2.24, 2.45) is 0 Å². The highest BCUT2D eigenvalue weighted by molar-refractivity contribution is 5.99. The van der Waals surface area contributed by atoms with Crippen LogP contribution in [0.25, 0.3) is 10.9 Å². The molecule has 0 atom stereocenters. The summed E-state index contributed by atoms with van der Waals surface area (Å²) in [7, 11) is 0. The number of fused-ring (bicyclic) bond motifs is 1. The van der Waals surface area contributed by atoms with Crippen molar-refractivity contribution in [3.05, 3.63) is 36.5 Å². The van der Waals surface area contributed by atoms with E-state index in [-0.39, 0.29) is 19.8 Å². The first-order valence-electron chi connectivity index (χ1n) is 6.35. The monoisotopic (exact) mass is 289 g/mol. The van der Waals surface area contributed by atoms with E-state index in [0.717, 1.165) is 5.39 Å². The number of carbonyl (C=O) groups is 2.